The number of benzene rings is 3. The van der Waals surface area contributed by atoms with Crippen molar-refractivity contribution in [2.24, 2.45) is 0 Å². The Labute approximate surface area is 190 Å². The number of carbonyl (C=O) groups is 2. The summed E-state index contributed by atoms with van der Waals surface area (Å²) in [6.07, 6.45) is 0.140. The van der Waals surface area contributed by atoms with Crippen molar-refractivity contribution < 1.29 is 9.59 Å². The fourth-order valence-electron chi connectivity index (χ4n) is 3.12. The predicted molar refractivity (Wildman–Crippen MR) is 123 cm³/mol. The summed E-state index contributed by atoms with van der Waals surface area (Å²) >= 11 is 9.69. The van der Waals surface area contributed by atoms with Crippen molar-refractivity contribution in [3.63, 3.8) is 0 Å². The molecule has 0 spiro atoms. The van der Waals surface area contributed by atoms with Gasteiger partial charge in [-0.2, -0.15) is 0 Å². The Balaban J connectivity index is 1.76. The Kier molecular flexibility index (Phi) is 7.66. The number of nitrogens with zero attached hydrogens (tertiary/aromatic N) is 1. The van der Waals surface area contributed by atoms with Crippen LogP contribution in [0.2, 0.25) is 5.02 Å². The van der Waals surface area contributed by atoms with E-state index >= 15 is 0 Å². The molecule has 0 aliphatic rings. The van der Waals surface area contributed by atoms with Crippen molar-refractivity contribution >= 4 is 39.3 Å². The molecule has 0 radical (unpaired) electrons. The third kappa shape index (κ3) is 5.71. The second-order valence-corrected chi connectivity index (χ2v) is 8.22. The third-order valence-corrected chi connectivity index (χ3v) is 5.90. The molecule has 0 saturated heterocycles. The number of rotatable bonds is 7. The van der Waals surface area contributed by atoms with E-state index in [4.69, 9.17) is 11.6 Å². The largest absolute Gasteiger partial charge is 0.345 e. The number of halogens is 2. The van der Waals surface area contributed by atoms with Crippen LogP contribution in [0.4, 0.5) is 0 Å². The van der Waals surface area contributed by atoms with Crippen LogP contribution in [0.5, 0.6) is 0 Å². The highest BCUT2D eigenvalue weighted by Gasteiger charge is 2.22. The zero-order valence-corrected chi connectivity index (χ0v) is 18.9. The van der Waals surface area contributed by atoms with E-state index in [0.717, 1.165) is 15.6 Å². The summed E-state index contributed by atoms with van der Waals surface area (Å²) < 4.78 is 0.955. The Morgan fingerprint density at radius 3 is 2.30 bits per heavy atom. The van der Waals surface area contributed by atoms with Gasteiger partial charge >= 0.3 is 0 Å². The molecule has 30 heavy (non-hydrogen) atoms. The molecule has 6 heteroatoms. The lowest BCUT2D eigenvalue weighted by Crippen LogP contribution is -2.34. The molecule has 2 amide bonds. The molecule has 1 N–H and O–H groups in total. The SMILES string of the molecule is CN(Cc1ccccc1Br)C(=O)CC(NC(=O)c1ccccc1Cl)c1ccccc1. The average Bonchev–Trinajstić information content (AvgIpc) is 2.75. The summed E-state index contributed by atoms with van der Waals surface area (Å²) in [4.78, 5) is 27.4. The molecule has 0 bridgehead atoms. The Bertz CT molecular complexity index is 1030. The van der Waals surface area contributed by atoms with E-state index in [9.17, 15) is 9.59 Å². The van der Waals surface area contributed by atoms with E-state index in [-0.39, 0.29) is 18.2 Å². The molecule has 0 fully saturated rings. The van der Waals surface area contributed by atoms with E-state index in [0.29, 0.717) is 17.1 Å². The summed E-state index contributed by atoms with van der Waals surface area (Å²) in [5.74, 6) is -0.380. The summed E-state index contributed by atoms with van der Waals surface area (Å²) in [5, 5.41) is 3.35. The summed E-state index contributed by atoms with van der Waals surface area (Å²) in [6.45, 7) is 0.472. The highest BCUT2D eigenvalue weighted by Crippen LogP contribution is 2.22. The first kappa shape index (κ1) is 22.1. The minimum atomic E-state index is -0.468. The smallest absolute Gasteiger partial charge is 0.253 e. The molecular formula is C24H22BrClN2O2. The Morgan fingerprint density at radius 2 is 1.60 bits per heavy atom. The van der Waals surface area contributed by atoms with Gasteiger partial charge in [-0.05, 0) is 29.3 Å². The molecule has 3 rings (SSSR count). The van der Waals surface area contributed by atoms with E-state index in [1.165, 1.54) is 0 Å². The lowest BCUT2D eigenvalue weighted by molar-refractivity contribution is -0.130. The van der Waals surface area contributed by atoms with Gasteiger partial charge in [0, 0.05) is 18.1 Å². The molecule has 1 atom stereocenters. The number of hydrogen-bond acceptors (Lipinski definition) is 2. The summed E-state index contributed by atoms with van der Waals surface area (Å²) in [7, 11) is 1.76. The average molecular weight is 486 g/mol. The van der Waals surface area contributed by atoms with Gasteiger partial charge in [0.05, 0.1) is 23.0 Å². The van der Waals surface area contributed by atoms with Crippen LogP contribution in [-0.2, 0) is 11.3 Å². The summed E-state index contributed by atoms with van der Waals surface area (Å²) in [6, 6.07) is 23.7. The first-order chi connectivity index (χ1) is 14.5. The second-order valence-electron chi connectivity index (χ2n) is 6.96. The quantitative estimate of drug-likeness (QED) is 0.472. The fraction of sp³-hybridized carbons (Fsp3) is 0.167. The van der Waals surface area contributed by atoms with Gasteiger partial charge in [-0.3, -0.25) is 9.59 Å². The van der Waals surface area contributed by atoms with Gasteiger partial charge in [-0.1, -0.05) is 88.2 Å². The maximum atomic E-state index is 13.0. The third-order valence-electron chi connectivity index (χ3n) is 4.80. The highest BCUT2D eigenvalue weighted by molar-refractivity contribution is 9.10. The number of amides is 2. The lowest BCUT2D eigenvalue weighted by atomic mass is 10.0. The topological polar surface area (TPSA) is 49.4 Å². The molecule has 0 heterocycles. The van der Waals surface area contributed by atoms with E-state index in [2.05, 4.69) is 21.2 Å². The van der Waals surface area contributed by atoms with Crippen LogP contribution in [0.1, 0.15) is 33.9 Å². The number of hydrogen-bond donors (Lipinski definition) is 1. The van der Waals surface area contributed by atoms with Crippen LogP contribution in [0.3, 0.4) is 0 Å². The van der Waals surface area contributed by atoms with Crippen LogP contribution >= 0.6 is 27.5 Å². The minimum Gasteiger partial charge on any atom is -0.345 e. The predicted octanol–water partition coefficient (Wildman–Crippen LogP) is 5.62. The van der Waals surface area contributed by atoms with Crippen LogP contribution in [0.25, 0.3) is 0 Å². The van der Waals surface area contributed by atoms with Gasteiger partial charge < -0.3 is 10.2 Å². The van der Waals surface area contributed by atoms with Gasteiger partial charge in [0.15, 0.2) is 0 Å². The van der Waals surface area contributed by atoms with Crippen LogP contribution < -0.4 is 5.32 Å². The Morgan fingerprint density at radius 1 is 0.967 bits per heavy atom. The van der Waals surface area contributed by atoms with Crippen molar-refractivity contribution in [2.75, 3.05) is 7.05 Å². The van der Waals surface area contributed by atoms with Crippen molar-refractivity contribution in [3.05, 3.63) is 105 Å². The van der Waals surface area contributed by atoms with Gasteiger partial charge in [0.25, 0.3) is 5.91 Å². The minimum absolute atomic E-state index is 0.0703. The van der Waals surface area contributed by atoms with Gasteiger partial charge in [0.1, 0.15) is 0 Å². The van der Waals surface area contributed by atoms with Gasteiger partial charge in [0.2, 0.25) is 5.91 Å². The normalized spacial score (nSPS) is 11.6. The molecule has 154 valence electrons. The molecular weight excluding hydrogens is 464 g/mol. The van der Waals surface area contributed by atoms with Crippen LogP contribution in [-0.4, -0.2) is 23.8 Å². The molecule has 4 nitrogen and oxygen atoms in total. The van der Waals surface area contributed by atoms with E-state index in [1.54, 1.807) is 36.2 Å². The summed E-state index contributed by atoms with van der Waals surface area (Å²) in [5.41, 5.74) is 2.26. The van der Waals surface area contributed by atoms with Crippen molar-refractivity contribution in [1.82, 2.24) is 10.2 Å². The molecule has 0 aliphatic carbocycles. The highest BCUT2D eigenvalue weighted by atomic mass is 79.9. The molecule has 3 aromatic carbocycles. The van der Waals surface area contributed by atoms with Crippen molar-refractivity contribution in [2.45, 2.75) is 19.0 Å². The molecule has 0 aliphatic heterocycles. The molecule has 0 aromatic heterocycles. The standard InChI is InChI=1S/C24H22BrClN2O2/c1-28(16-18-11-5-7-13-20(18)25)23(29)15-22(17-9-3-2-4-10-17)27-24(30)19-12-6-8-14-21(19)26/h2-14,22H,15-16H2,1H3,(H,27,30). The lowest BCUT2D eigenvalue weighted by Gasteiger charge is -2.23. The number of nitrogens with one attached hydrogen (secondary N) is 1. The first-order valence-electron chi connectivity index (χ1n) is 9.53. The van der Waals surface area contributed by atoms with E-state index < -0.39 is 6.04 Å². The van der Waals surface area contributed by atoms with Crippen LogP contribution in [0.15, 0.2) is 83.3 Å². The number of carbonyl (C=O) groups excluding carboxylic acids is 2. The monoisotopic (exact) mass is 484 g/mol. The molecule has 0 saturated carbocycles. The zero-order valence-electron chi connectivity index (χ0n) is 16.5. The van der Waals surface area contributed by atoms with Gasteiger partial charge in [-0.15, -0.1) is 0 Å². The maximum Gasteiger partial charge on any atom is 0.253 e. The van der Waals surface area contributed by atoms with Crippen LogP contribution in [0, 0.1) is 0 Å². The Hall–Kier alpha value is -2.63. The van der Waals surface area contributed by atoms with Gasteiger partial charge in [-0.25, -0.2) is 0 Å². The fourth-order valence-corrected chi connectivity index (χ4v) is 3.75. The first-order valence-corrected chi connectivity index (χ1v) is 10.7. The van der Waals surface area contributed by atoms with Crippen molar-refractivity contribution in [3.8, 4) is 0 Å². The zero-order chi connectivity index (χ0) is 21.5. The molecule has 3 aromatic rings. The van der Waals surface area contributed by atoms with E-state index in [1.807, 2.05) is 54.6 Å². The second kappa shape index (κ2) is 10.4. The van der Waals surface area contributed by atoms with Crippen molar-refractivity contribution in [1.29, 1.82) is 0 Å². The maximum absolute atomic E-state index is 13.0. The molecule has 1 unspecified atom stereocenters.